The van der Waals surface area contributed by atoms with Crippen LogP contribution in [0.2, 0.25) is 0 Å². The summed E-state index contributed by atoms with van der Waals surface area (Å²) in [5.41, 5.74) is -0.564. The molecule has 0 aromatic rings. The van der Waals surface area contributed by atoms with Gasteiger partial charge in [0, 0.05) is 12.8 Å². The van der Waals surface area contributed by atoms with Crippen LogP contribution in [0.15, 0.2) is 0 Å². The Morgan fingerprint density at radius 2 is 1.92 bits per heavy atom. The Morgan fingerprint density at radius 3 is 2.23 bits per heavy atom. The fourth-order valence-corrected chi connectivity index (χ4v) is 2.60. The van der Waals surface area contributed by atoms with Gasteiger partial charge in [-0.3, -0.25) is 0 Å². The molecule has 0 saturated carbocycles. The lowest BCUT2D eigenvalue weighted by molar-refractivity contribution is 0.189. The molecule has 0 aliphatic heterocycles. The van der Waals surface area contributed by atoms with E-state index in [9.17, 15) is 13.2 Å². The highest BCUT2D eigenvalue weighted by atomic mass is 32.2. The van der Waals surface area contributed by atoms with Crippen LogP contribution in [-0.4, -0.2) is 38.2 Å². The number of amides is 1. The number of carbonyl (C=O) groups is 1. The molecule has 0 unspecified atom stereocenters. The lowest BCUT2D eigenvalue weighted by atomic mass is 9.97. The molecule has 0 radical (unpaired) electrons. The molecule has 78 valence electrons. The van der Waals surface area contributed by atoms with Crippen LogP contribution in [-0.2, 0) is 9.84 Å². The first-order chi connectivity index (χ1) is 5.62. The molecule has 0 aromatic heterocycles. The number of sulfone groups is 1. The minimum absolute atomic E-state index is 0.0275. The van der Waals surface area contributed by atoms with E-state index in [1.54, 1.807) is 13.8 Å². The first kappa shape index (κ1) is 12.2. The molecule has 0 fully saturated rings. The van der Waals surface area contributed by atoms with Crippen molar-refractivity contribution in [2.45, 2.75) is 13.8 Å². The first-order valence-corrected chi connectivity index (χ1v) is 5.83. The van der Waals surface area contributed by atoms with Crippen molar-refractivity contribution in [2.24, 2.45) is 5.41 Å². The summed E-state index contributed by atoms with van der Waals surface area (Å²) in [6.07, 6.45) is -0.00299. The molecule has 0 aliphatic rings. The summed E-state index contributed by atoms with van der Waals surface area (Å²) in [6, 6.07) is 0. The van der Waals surface area contributed by atoms with Crippen molar-refractivity contribution < 1.29 is 18.3 Å². The zero-order chi connectivity index (χ0) is 10.7. The van der Waals surface area contributed by atoms with Crippen molar-refractivity contribution >= 4 is 15.9 Å². The molecule has 13 heavy (non-hydrogen) atoms. The molecule has 5 nitrogen and oxygen atoms in total. The van der Waals surface area contributed by atoms with E-state index in [-0.39, 0.29) is 12.3 Å². The Labute approximate surface area is 78.1 Å². The maximum absolute atomic E-state index is 10.9. The normalized spacial score (nSPS) is 12.5. The third-order valence-corrected chi connectivity index (χ3v) is 2.68. The van der Waals surface area contributed by atoms with Gasteiger partial charge in [0.1, 0.15) is 9.84 Å². The van der Waals surface area contributed by atoms with E-state index in [0.717, 1.165) is 6.26 Å². The molecule has 2 N–H and O–H groups in total. The van der Waals surface area contributed by atoms with Crippen LogP contribution >= 0.6 is 0 Å². The highest BCUT2D eigenvalue weighted by Crippen LogP contribution is 2.15. The van der Waals surface area contributed by atoms with Crippen LogP contribution in [0.4, 0.5) is 4.79 Å². The predicted octanol–water partition coefficient (Wildman–Crippen LogP) is 0.325. The van der Waals surface area contributed by atoms with Gasteiger partial charge in [0.25, 0.3) is 0 Å². The minimum Gasteiger partial charge on any atom is -0.465 e. The minimum atomic E-state index is -3.06. The molecular formula is C7H15NO4S. The molecule has 6 heteroatoms. The maximum Gasteiger partial charge on any atom is 0.404 e. The molecular weight excluding hydrogens is 194 g/mol. The van der Waals surface area contributed by atoms with Crippen molar-refractivity contribution in [1.29, 1.82) is 0 Å². The monoisotopic (exact) mass is 209 g/mol. The van der Waals surface area contributed by atoms with Gasteiger partial charge in [-0.15, -0.1) is 0 Å². The second kappa shape index (κ2) is 3.95. The number of hydrogen-bond donors (Lipinski definition) is 2. The molecule has 0 atom stereocenters. The molecule has 0 aromatic carbocycles. The van der Waals surface area contributed by atoms with Crippen molar-refractivity contribution in [3.05, 3.63) is 0 Å². The van der Waals surface area contributed by atoms with E-state index in [1.807, 2.05) is 0 Å². The molecule has 0 aliphatic carbocycles. The Kier molecular flexibility index (Phi) is 3.71. The van der Waals surface area contributed by atoms with Gasteiger partial charge in [0.05, 0.1) is 5.75 Å². The highest BCUT2D eigenvalue weighted by Gasteiger charge is 2.23. The standard InChI is InChI=1S/C7H15NO4S/c1-7(2,4-8-6(9)10)5-13(3,11)12/h8H,4-5H2,1-3H3,(H,9,10). The first-order valence-electron chi connectivity index (χ1n) is 3.77. The van der Waals surface area contributed by atoms with E-state index in [4.69, 9.17) is 5.11 Å². The van der Waals surface area contributed by atoms with Crippen LogP contribution in [0.3, 0.4) is 0 Å². The second-order valence-electron chi connectivity index (χ2n) is 3.89. The summed E-state index contributed by atoms with van der Waals surface area (Å²) in [4.78, 5) is 10.2. The molecule has 0 rings (SSSR count). The number of rotatable bonds is 4. The highest BCUT2D eigenvalue weighted by molar-refractivity contribution is 7.90. The Morgan fingerprint density at radius 1 is 1.46 bits per heavy atom. The second-order valence-corrected chi connectivity index (χ2v) is 6.03. The molecule has 0 saturated heterocycles. The molecule has 0 spiro atoms. The van der Waals surface area contributed by atoms with E-state index < -0.39 is 21.3 Å². The largest absolute Gasteiger partial charge is 0.465 e. The summed E-state index contributed by atoms with van der Waals surface area (Å²) >= 11 is 0. The van der Waals surface area contributed by atoms with Gasteiger partial charge in [-0.1, -0.05) is 13.8 Å². The Bertz CT molecular complexity index is 281. The maximum atomic E-state index is 10.9. The predicted molar refractivity (Wildman–Crippen MR) is 49.5 cm³/mol. The summed E-state index contributed by atoms with van der Waals surface area (Å²) < 4.78 is 21.8. The van der Waals surface area contributed by atoms with Gasteiger partial charge >= 0.3 is 6.09 Å². The van der Waals surface area contributed by atoms with Crippen LogP contribution in [0.1, 0.15) is 13.8 Å². The zero-order valence-corrected chi connectivity index (χ0v) is 8.81. The lowest BCUT2D eigenvalue weighted by Crippen LogP contribution is -2.37. The average molecular weight is 209 g/mol. The van der Waals surface area contributed by atoms with E-state index >= 15 is 0 Å². The van der Waals surface area contributed by atoms with Crippen molar-refractivity contribution in [3.63, 3.8) is 0 Å². The van der Waals surface area contributed by atoms with E-state index in [0.29, 0.717) is 0 Å². The van der Waals surface area contributed by atoms with Crippen LogP contribution < -0.4 is 5.32 Å². The lowest BCUT2D eigenvalue weighted by Gasteiger charge is -2.22. The number of nitrogens with one attached hydrogen (secondary N) is 1. The fraction of sp³-hybridized carbons (Fsp3) is 0.857. The van der Waals surface area contributed by atoms with Gasteiger partial charge in [0.2, 0.25) is 0 Å². The fourth-order valence-electron chi connectivity index (χ4n) is 1.08. The quantitative estimate of drug-likeness (QED) is 0.698. The van der Waals surface area contributed by atoms with Gasteiger partial charge in [0.15, 0.2) is 0 Å². The van der Waals surface area contributed by atoms with E-state index in [1.165, 1.54) is 0 Å². The Hall–Kier alpha value is -0.780. The zero-order valence-electron chi connectivity index (χ0n) is 7.99. The van der Waals surface area contributed by atoms with Crippen LogP contribution in [0, 0.1) is 5.41 Å². The van der Waals surface area contributed by atoms with Gasteiger partial charge in [-0.25, -0.2) is 13.2 Å². The van der Waals surface area contributed by atoms with Gasteiger partial charge in [-0.2, -0.15) is 0 Å². The third kappa shape index (κ3) is 7.58. The van der Waals surface area contributed by atoms with Gasteiger partial charge in [-0.05, 0) is 5.41 Å². The van der Waals surface area contributed by atoms with Crippen LogP contribution in [0.5, 0.6) is 0 Å². The molecule has 1 amide bonds. The molecule has 0 bridgehead atoms. The van der Waals surface area contributed by atoms with Crippen molar-refractivity contribution in [3.8, 4) is 0 Å². The number of carboxylic acid groups (broad SMARTS) is 1. The summed E-state index contributed by atoms with van der Waals surface area (Å²) in [5.74, 6) is -0.0275. The summed E-state index contributed by atoms with van der Waals surface area (Å²) in [6.45, 7) is 3.53. The van der Waals surface area contributed by atoms with E-state index in [2.05, 4.69) is 5.32 Å². The summed E-state index contributed by atoms with van der Waals surface area (Å²) in [7, 11) is -3.06. The smallest absolute Gasteiger partial charge is 0.404 e. The van der Waals surface area contributed by atoms with Gasteiger partial charge < -0.3 is 10.4 Å². The third-order valence-electron chi connectivity index (χ3n) is 1.37. The summed E-state index contributed by atoms with van der Waals surface area (Å²) in [5, 5.41) is 10.5. The number of hydrogen-bond acceptors (Lipinski definition) is 3. The average Bonchev–Trinajstić information content (AvgIpc) is 1.78. The van der Waals surface area contributed by atoms with Crippen LogP contribution in [0.25, 0.3) is 0 Å². The Balaban J connectivity index is 4.17. The van der Waals surface area contributed by atoms with Crippen molar-refractivity contribution in [2.75, 3.05) is 18.6 Å². The topological polar surface area (TPSA) is 83.5 Å². The SMILES string of the molecule is CC(C)(CNC(=O)O)CS(C)(=O)=O. The molecule has 0 heterocycles. The van der Waals surface area contributed by atoms with Crippen molar-refractivity contribution in [1.82, 2.24) is 5.32 Å².